The van der Waals surface area contributed by atoms with Crippen LogP contribution in [0.2, 0.25) is 0 Å². The summed E-state index contributed by atoms with van der Waals surface area (Å²) in [7, 11) is -3.74. The molecule has 3 rings (SSSR count). The number of thiazole rings is 1. The quantitative estimate of drug-likeness (QED) is 0.793. The highest BCUT2D eigenvalue weighted by Crippen LogP contribution is 2.23. The maximum Gasteiger partial charge on any atom is 0.273 e. The van der Waals surface area contributed by atoms with Gasteiger partial charge in [-0.15, -0.1) is 16.2 Å². The first-order chi connectivity index (χ1) is 9.08. The molecule has 0 amide bonds. The zero-order chi connectivity index (χ0) is 13.5. The Bertz CT molecular complexity index is 686. The summed E-state index contributed by atoms with van der Waals surface area (Å²) in [4.78, 5) is 7.09. The number of sulfonamides is 1. The van der Waals surface area contributed by atoms with Crippen molar-refractivity contribution in [3.8, 4) is 0 Å². The molecule has 2 aromatic rings. The van der Waals surface area contributed by atoms with E-state index in [1.54, 1.807) is 16.6 Å². The monoisotopic (exact) mass is 303 g/mol. The molecular formula is C9H13N5O3S2. The van der Waals surface area contributed by atoms with Crippen LogP contribution in [0, 0.1) is 0 Å². The molecule has 2 aromatic heterocycles. The molecule has 1 saturated heterocycles. The van der Waals surface area contributed by atoms with E-state index < -0.39 is 10.0 Å². The highest BCUT2D eigenvalue weighted by Gasteiger charge is 2.27. The Hall–Kier alpha value is -1.20. The normalized spacial score (nSPS) is 18.1. The molecule has 1 aliphatic rings. The molecule has 0 aliphatic carbocycles. The van der Waals surface area contributed by atoms with Crippen LogP contribution in [0.5, 0.6) is 0 Å². The number of nitrogen functional groups attached to an aromatic ring is 1. The summed E-state index contributed by atoms with van der Waals surface area (Å²) < 4.78 is 31.4. The van der Waals surface area contributed by atoms with E-state index in [2.05, 4.69) is 9.82 Å². The molecule has 0 atom stereocenters. The van der Waals surface area contributed by atoms with Crippen molar-refractivity contribution in [1.29, 1.82) is 0 Å². The number of morpholine rings is 1. The smallest absolute Gasteiger partial charge is 0.273 e. The van der Waals surface area contributed by atoms with Gasteiger partial charge in [0.15, 0.2) is 10.8 Å². The number of rotatable bonds is 3. The molecule has 0 bridgehead atoms. The molecular weight excluding hydrogens is 290 g/mol. The van der Waals surface area contributed by atoms with Crippen molar-refractivity contribution in [2.45, 2.75) is 5.03 Å². The zero-order valence-electron chi connectivity index (χ0n) is 9.94. The number of nitrogens with zero attached hydrogens (tertiary/aromatic N) is 3. The SMILES string of the molecule is Nc1nc2sccn2c1S(=O)(=O)NN1CCOCC1. The second-order valence-corrected chi connectivity index (χ2v) is 6.50. The third-order valence-electron chi connectivity index (χ3n) is 2.76. The number of nitrogens with two attached hydrogens (primary N) is 1. The topological polar surface area (TPSA) is 102 Å². The molecule has 3 heterocycles. The van der Waals surface area contributed by atoms with E-state index in [1.165, 1.54) is 15.7 Å². The average Bonchev–Trinajstić information content (AvgIpc) is 2.88. The van der Waals surface area contributed by atoms with Crippen LogP contribution in [0.25, 0.3) is 4.96 Å². The number of anilines is 1. The van der Waals surface area contributed by atoms with Crippen molar-refractivity contribution in [3.63, 3.8) is 0 Å². The summed E-state index contributed by atoms with van der Waals surface area (Å²) in [6.45, 7) is 2.01. The second-order valence-electron chi connectivity index (χ2n) is 4.05. The van der Waals surface area contributed by atoms with Gasteiger partial charge in [-0.3, -0.25) is 4.40 Å². The van der Waals surface area contributed by atoms with Crippen LogP contribution in [0.1, 0.15) is 0 Å². The van der Waals surface area contributed by atoms with Crippen LogP contribution in [-0.2, 0) is 14.8 Å². The number of fused-ring (bicyclic) bond motifs is 1. The fourth-order valence-corrected chi connectivity index (χ4v) is 4.03. The molecule has 0 spiro atoms. The zero-order valence-corrected chi connectivity index (χ0v) is 11.6. The predicted octanol–water partition coefficient (Wildman–Crippen LogP) is -0.497. The van der Waals surface area contributed by atoms with Crippen LogP contribution in [-0.4, -0.2) is 49.1 Å². The summed E-state index contributed by atoms with van der Waals surface area (Å²) in [5, 5.41) is 3.34. The fraction of sp³-hybridized carbons (Fsp3) is 0.444. The van der Waals surface area contributed by atoms with Gasteiger partial charge in [0.1, 0.15) is 0 Å². The van der Waals surface area contributed by atoms with Gasteiger partial charge < -0.3 is 10.5 Å². The number of nitrogens with one attached hydrogen (secondary N) is 1. The van der Waals surface area contributed by atoms with E-state index in [0.29, 0.717) is 31.3 Å². The molecule has 0 aromatic carbocycles. The standard InChI is InChI=1S/C9H13N5O3S2/c10-7-8(14-3-6-18-9(14)11-7)19(15,16)12-13-1-4-17-5-2-13/h3,6,12H,1-2,4-5,10H2. The number of hydrogen-bond acceptors (Lipinski definition) is 7. The maximum atomic E-state index is 12.4. The van der Waals surface area contributed by atoms with Gasteiger partial charge in [0.2, 0.25) is 5.03 Å². The number of hydrogen-bond donors (Lipinski definition) is 2. The van der Waals surface area contributed by atoms with Crippen LogP contribution >= 0.6 is 11.3 Å². The number of imidazole rings is 1. The largest absolute Gasteiger partial charge is 0.381 e. The molecule has 1 fully saturated rings. The van der Waals surface area contributed by atoms with Crippen LogP contribution in [0.4, 0.5) is 5.82 Å². The fourth-order valence-electron chi connectivity index (χ4n) is 1.92. The van der Waals surface area contributed by atoms with E-state index in [-0.39, 0.29) is 10.8 Å². The molecule has 104 valence electrons. The minimum absolute atomic E-state index is 0.00705. The van der Waals surface area contributed by atoms with Gasteiger partial charge >= 0.3 is 0 Å². The molecule has 0 radical (unpaired) electrons. The van der Waals surface area contributed by atoms with Gasteiger partial charge in [-0.1, -0.05) is 0 Å². The van der Waals surface area contributed by atoms with Crippen LogP contribution in [0.15, 0.2) is 16.6 Å². The molecule has 19 heavy (non-hydrogen) atoms. The summed E-state index contributed by atoms with van der Waals surface area (Å²) >= 11 is 1.33. The van der Waals surface area contributed by atoms with Crippen LogP contribution in [0.3, 0.4) is 0 Å². The van der Waals surface area contributed by atoms with Gasteiger partial charge in [-0.25, -0.2) is 18.4 Å². The summed E-state index contributed by atoms with van der Waals surface area (Å²) in [5.41, 5.74) is 5.70. The number of aromatic nitrogens is 2. The van der Waals surface area contributed by atoms with Gasteiger partial charge in [-0.2, -0.15) is 0 Å². The van der Waals surface area contributed by atoms with Crippen molar-refractivity contribution < 1.29 is 13.2 Å². The summed E-state index contributed by atoms with van der Waals surface area (Å²) in [6, 6.07) is 0. The van der Waals surface area contributed by atoms with Crippen molar-refractivity contribution in [2.75, 3.05) is 32.0 Å². The summed E-state index contributed by atoms with van der Waals surface area (Å²) in [5.74, 6) is 0.00705. The molecule has 1 aliphatic heterocycles. The van der Waals surface area contributed by atoms with Crippen molar-refractivity contribution in [1.82, 2.24) is 19.2 Å². The van der Waals surface area contributed by atoms with Crippen molar-refractivity contribution >= 4 is 32.1 Å². The average molecular weight is 303 g/mol. The Labute approximate surface area is 113 Å². The van der Waals surface area contributed by atoms with E-state index in [9.17, 15) is 8.42 Å². The lowest BCUT2D eigenvalue weighted by molar-refractivity contribution is 0.0272. The van der Waals surface area contributed by atoms with Gasteiger partial charge in [0, 0.05) is 24.7 Å². The third-order valence-corrected chi connectivity index (χ3v) is 4.93. The Morgan fingerprint density at radius 2 is 2.16 bits per heavy atom. The van der Waals surface area contributed by atoms with Gasteiger partial charge in [0.05, 0.1) is 13.2 Å². The van der Waals surface area contributed by atoms with E-state index in [0.717, 1.165) is 0 Å². The van der Waals surface area contributed by atoms with Crippen LogP contribution < -0.4 is 10.6 Å². The van der Waals surface area contributed by atoms with E-state index in [1.807, 2.05) is 0 Å². The van der Waals surface area contributed by atoms with Crippen molar-refractivity contribution in [2.24, 2.45) is 0 Å². The maximum absolute atomic E-state index is 12.4. The van der Waals surface area contributed by atoms with E-state index >= 15 is 0 Å². The molecule has 0 unspecified atom stereocenters. The minimum Gasteiger partial charge on any atom is -0.381 e. The summed E-state index contributed by atoms with van der Waals surface area (Å²) in [6.07, 6.45) is 1.64. The first-order valence-electron chi connectivity index (χ1n) is 5.64. The number of ether oxygens (including phenoxy) is 1. The Morgan fingerprint density at radius 1 is 1.42 bits per heavy atom. The Balaban J connectivity index is 1.94. The predicted molar refractivity (Wildman–Crippen MR) is 70.2 cm³/mol. The lowest BCUT2D eigenvalue weighted by atomic mass is 10.5. The molecule has 3 N–H and O–H groups in total. The highest BCUT2D eigenvalue weighted by atomic mass is 32.2. The lowest BCUT2D eigenvalue weighted by Crippen LogP contribution is -2.48. The number of hydrazine groups is 1. The Morgan fingerprint density at radius 3 is 2.89 bits per heavy atom. The Kier molecular flexibility index (Phi) is 3.19. The first-order valence-corrected chi connectivity index (χ1v) is 8.00. The molecule has 0 saturated carbocycles. The minimum atomic E-state index is -3.74. The molecule has 8 nitrogen and oxygen atoms in total. The van der Waals surface area contributed by atoms with Gasteiger partial charge in [-0.05, 0) is 0 Å². The van der Waals surface area contributed by atoms with E-state index in [4.69, 9.17) is 10.5 Å². The second kappa shape index (κ2) is 4.72. The highest BCUT2D eigenvalue weighted by molar-refractivity contribution is 7.89. The van der Waals surface area contributed by atoms with Crippen molar-refractivity contribution in [3.05, 3.63) is 11.6 Å². The third kappa shape index (κ3) is 2.32. The lowest BCUT2D eigenvalue weighted by Gasteiger charge is -2.26. The first kappa shape index (κ1) is 12.8. The molecule has 10 heteroatoms. The van der Waals surface area contributed by atoms with Gasteiger partial charge in [0.25, 0.3) is 10.0 Å².